The molecule has 0 atom stereocenters. The lowest BCUT2D eigenvalue weighted by Crippen LogP contribution is -2.22. The van der Waals surface area contributed by atoms with Gasteiger partial charge in [-0.2, -0.15) is 5.10 Å². The van der Waals surface area contributed by atoms with E-state index in [9.17, 15) is 0 Å². The maximum absolute atomic E-state index is 4.52. The molecule has 0 radical (unpaired) electrons. The molecule has 0 aliphatic heterocycles. The van der Waals surface area contributed by atoms with Gasteiger partial charge in [0.05, 0.1) is 18.1 Å². The number of anilines is 1. The molecule has 118 valence electrons. The highest BCUT2D eigenvalue weighted by molar-refractivity contribution is 5.86. The molecule has 1 aromatic carbocycles. The van der Waals surface area contributed by atoms with E-state index in [0.717, 1.165) is 23.4 Å². The predicted octanol–water partition coefficient (Wildman–Crippen LogP) is 3.62. The van der Waals surface area contributed by atoms with Crippen LogP contribution in [0.3, 0.4) is 0 Å². The molecule has 0 amide bonds. The van der Waals surface area contributed by atoms with Crippen LogP contribution in [0.4, 0.5) is 5.82 Å². The van der Waals surface area contributed by atoms with E-state index < -0.39 is 0 Å². The molecule has 0 unspecified atom stereocenters. The zero-order valence-corrected chi connectivity index (χ0v) is 13.2. The molecular weight excluding hydrogens is 286 g/mol. The summed E-state index contributed by atoms with van der Waals surface area (Å²) in [5, 5.41) is 9.12. The van der Waals surface area contributed by atoms with Crippen molar-refractivity contribution in [3.05, 3.63) is 48.4 Å². The molecule has 5 heteroatoms. The van der Waals surface area contributed by atoms with E-state index in [1.54, 1.807) is 6.33 Å². The number of rotatable bonds is 4. The van der Waals surface area contributed by atoms with Crippen LogP contribution in [0.15, 0.2) is 42.9 Å². The van der Waals surface area contributed by atoms with Gasteiger partial charge in [-0.3, -0.25) is 0 Å². The van der Waals surface area contributed by atoms with Crippen molar-refractivity contribution in [1.82, 2.24) is 19.7 Å². The van der Waals surface area contributed by atoms with Gasteiger partial charge in [0.1, 0.15) is 12.1 Å². The number of aromatic nitrogens is 4. The molecule has 0 saturated heterocycles. The summed E-state index contributed by atoms with van der Waals surface area (Å²) >= 11 is 0. The highest BCUT2D eigenvalue weighted by atomic mass is 15.3. The Labute approximate surface area is 135 Å². The first-order valence-corrected chi connectivity index (χ1v) is 8.37. The molecule has 1 aliphatic carbocycles. The van der Waals surface area contributed by atoms with Crippen molar-refractivity contribution in [2.75, 3.05) is 5.32 Å². The second-order valence-electron chi connectivity index (χ2n) is 6.23. The van der Waals surface area contributed by atoms with Crippen LogP contribution in [0.25, 0.3) is 11.0 Å². The quantitative estimate of drug-likeness (QED) is 0.800. The normalized spacial score (nSPS) is 15.8. The summed E-state index contributed by atoms with van der Waals surface area (Å²) in [4.78, 5) is 8.89. The number of nitrogens with one attached hydrogen (secondary N) is 1. The Bertz CT molecular complexity index is 774. The molecule has 1 N–H and O–H groups in total. The van der Waals surface area contributed by atoms with Crippen molar-refractivity contribution in [2.45, 2.75) is 44.7 Å². The standard InChI is InChI=1S/C18H21N5/c1-3-7-14(8-4-1)12-23-18-16(11-21-23)17(19-13-20-18)22-15-9-5-2-6-10-15/h1,3-4,7-8,11,13,15H,2,5-6,9-10,12H2,(H,19,20,22). The van der Waals surface area contributed by atoms with Crippen LogP contribution >= 0.6 is 0 Å². The largest absolute Gasteiger partial charge is 0.367 e. The summed E-state index contributed by atoms with van der Waals surface area (Å²) in [6, 6.07) is 10.9. The number of hydrogen-bond acceptors (Lipinski definition) is 4. The van der Waals surface area contributed by atoms with E-state index in [0.29, 0.717) is 6.04 Å². The van der Waals surface area contributed by atoms with E-state index in [4.69, 9.17) is 0 Å². The van der Waals surface area contributed by atoms with Crippen molar-refractivity contribution in [3.8, 4) is 0 Å². The topological polar surface area (TPSA) is 55.6 Å². The average molecular weight is 307 g/mol. The minimum absolute atomic E-state index is 0.527. The fourth-order valence-electron chi connectivity index (χ4n) is 3.32. The molecule has 1 fully saturated rings. The van der Waals surface area contributed by atoms with Crippen molar-refractivity contribution >= 4 is 16.9 Å². The number of benzene rings is 1. The van der Waals surface area contributed by atoms with Crippen molar-refractivity contribution in [1.29, 1.82) is 0 Å². The van der Waals surface area contributed by atoms with Gasteiger partial charge in [0, 0.05) is 6.04 Å². The lowest BCUT2D eigenvalue weighted by atomic mass is 9.95. The monoisotopic (exact) mass is 307 g/mol. The molecule has 0 bridgehead atoms. The smallest absolute Gasteiger partial charge is 0.163 e. The van der Waals surface area contributed by atoms with Crippen molar-refractivity contribution in [3.63, 3.8) is 0 Å². The first-order chi connectivity index (χ1) is 11.4. The number of nitrogens with zero attached hydrogens (tertiary/aromatic N) is 4. The minimum Gasteiger partial charge on any atom is -0.367 e. The first kappa shape index (κ1) is 14.2. The Kier molecular flexibility index (Phi) is 3.92. The number of hydrogen-bond donors (Lipinski definition) is 1. The summed E-state index contributed by atoms with van der Waals surface area (Å²) in [7, 11) is 0. The lowest BCUT2D eigenvalue weighted by Gasteiger charge is -2.23. The van der Waals surface area contributed by atoms with Gasteiger partial charge < -0.3 is 5.32 Å². The molecule has 5 nitrogen and oxygen atoms in total. The molecule has 1 saturated carbocycles. The molecule has 4 rings (SSSR count). The van der Waals surface area contributed by atoms with Gasteiger partial charge in [0.15, 0.2) is 5.65 Å². The maximum Gasteiger partial charge on any atom is 0.163 e. The van der Waals surface area contributed by atoms with Crippen LogP contribution in [-0.4, -0.2) is 25.8 Å². The Morgan fingerprint density at radius 1 is 1.04 bits per heavy atom. The minimum atomic E-state index is 0.527. The zero-order valence-electron chi connectivity index (χ0n) is 13.2. The summed E-state index contributed by atoms with van der Waals surface area (Å²) in [6.07, 6.45) is 9.93. The Balaban J connectivity index is 1.61. The molecule has 3 aromatic rings. The Hall–Kier alpha value is -2.43. The van der Waals surface area contributed by atoms with Crippen LogP contribution in [0.1, 0.15) is 37.7 Å². The van der Waals surface area contributed by atoms with Crippen LogP contribution in [0.5, 0.6) is 0 Å². The second kappa shape index (κ2) is 6.36. The highest BCUT2D eigenvalue weighted by Gasteiger charge is 2.16. The van der Waals surface area contributed by atoms with E-state index in [1.807, 2.05) is 29.1 Å². The highest BCUT2D eigenvalue weighted by Crippen LogP contribution is 2.25. The Morgan fingerprint density at radius 2 is 1.87 bits per heavy atom. The van der Waals surface area contributed by atoms with Crippen molar-refractivity contribution in [2.24, 2.45) is 0 Å². The van der Waals surface area contributed by atoms with Crippen LogP contribution in [0.2, 0.25) is 0 Å². The van der Waals surface area contributed by atoms with Gasteiger partial charge in [0.25, 0.3) is 0 Å². The predicted molar refractivity (Wildman–Crippen MR) is 91.4 cm³/mol. The summed E-state index contributed by atoms with van der Waals surface area (Å²) in [5.41, 5.74) is 2.11. The summed E-state index contributed by atoms with van der Waals surface area (Å²) in [6.45, 7) is 0.726. The molecule has 2 heterocycles. The van der Waals surface area contributed by atoms with Gasteiger partial charge in [-0.1, -0.05) is 49.6 Å². The molecule has 0 spiro atoms. The molecule has 1 aliphatic rings. The van der Waals surface area contributed by atoms with E-state index in [1.165, 1.54) is 37.7 Å². The van der Waals surface area contributed by atoms with Gasteiger partial charge in [0.2, 0.25) is 0 Å². The van der Waals surface area contributed by atoms with Crippen molar-refractivity contribution < 1.29 is 0 Å². The number of fused-ring (bicyclic) bond motifs is 1. The molecule has 23 heavy (non-hydrogen) atoms. The van der Waals surface area contributed by atoms with Gasteiger partial charge in [-0.15, -0.1) is 0 Å². The van der Waals surface area contributed by atoms with Gasteiger partial charge in [-0.25, -0.2) is 14.6 Å². The fraction of sp³-hybridized carbons (Fsp3) is 0.389. The SMILES string of the molecule is c1ccc(Cn2ncc3c(NC4CCCCC4)ncnc32)cc1. The fourth-order valence-corrected chi connectivity index (χ4v) is 3.32. The average Bonchev–Trinajstić information content (AvgIpc) is 3.01. The van der Waals surface area contributed by atoms with E-state index in [-0.39, 0.29) is 0 Å². The van der Waals surface area contributed by atoms with E-state index >= 15 is 0 Å². The van der Waals surface area contributed by atoms with Gasteiger partial charge in [-0.05, 0) is 18.4 Å². The summed E-state index contributed by atoms with van der Waals surface area (Å²) in [5.74, 6) is 0.918. The Morgan fingerprint density at radius 3 is 2.70 bits per heavy atom. The third-order valence-corrected chi connectivity index (χ3v) is 4.55. The third kappa shape index (κ3) is 3.04. The maximum atomic E-state index is 4.52. The molecular formula is C18H21N5. The van der Waals surface area contributed by atoms with Gasteiger partial charge >= 0.3 is 0 Å². The van der Waals surface area contributed by atoms with Crippen LogP contribution in [-0.2, 0) is 6.54 Å². The zero-order chi connectivity index (χ0) is 15.5. The van der Waals surface area contributed by atoms with Crippen LogP contribution in [0, 0.1) is 0 Å². The van der Waals surface area contributed by atoms with Crippen LogP contribution < -0.4 is 5.32 Å². The van der Waals surface area contributed by atoms with E-state index in [2.05, 4.69) is 32.5 Å². The third-order valence-electron chi connectivity index (χ3n) is 4.55. The first-order valence-electron chi connectivity index (χ1n) is 8.37. The lowest BCUT2D eigenvalue weighted by molar-refractivity contribution is 0.462. The molecule has 2 aromatic heterocycles. The summed E-state index contributed by atoms with van der Waals surface area (Å²) < 4.78 is 1.94. The second-order valence-corrected chi connectivity index (χ2v) is 6.23.